The Labute approximate surface area is 132 Å². The molecule has 0 aliphatic rings. The number of nitrogens with one attached hydrogen (secondary N) is 1. The lowest BCUT2D eigenvalue weighted by Gasteiger charge is -2.17. The highest BCUT2D eigenvalue weighted by molar-refractivity contribution is 5.81. The lowest BCUT2D eigenvalue weighted by Crippen LogP contribution is -2.37. The van der Waals surface area contributed by atoms with Crippen LogP contribution in [0.5, 0.6) is 0 Å². The zero-order valence-corrected chi connectivity index (χ0v) is 13.9. The summed E-state index contributed by atoms with van der Waals surface area (Å²) in [4.78, 5) is 10.7. The van der Waals surface area contributed by atoms with Crippen molar-refractivity contribution in [1.29, 1.82) is 0 Å². The first-order valence-electron chi connectivity index (χ1n) is 8.32. The van der Waals surface area contributed by atoms with E-state index in [0.717, 1.165) is 25.7 Å². The van der Waals surface area contributed by atoms with E-state index < -0.39 is 12.1 Å². The van der Waals surface area contributed by atoms with Crippen LogP contribution in [0.25, 0.3) is 0 Å². The standard InChI is InChI=1S/C17H30F3NO/c1-4-6-7-8-10-14(3)13-15(5-2)11-9-12-21-16(22)17(18,19)20/h15H,3-13H2,1-2H3,(H,21,22). The Morgan fingerprint density at radius 1 is 1.14 bits per heavy atom. The van der Waals surface area contributed by atoms with Crippen molar-refractivity contribution in [2.24, 2.45) is 5.92 Å². The third-order valence-electron chi connectivity index (χ3n) is 3.87. The van der Waals surface area contributed by atoms with E-state index in [1.807, 2.05) is 5.32 Å². The van der Waals surface area contributed by atoms with E-state index in [0.29, 0.717) is 12.3 Å². The Morgan fingerprint density at radius 3 is 2.36 bits per heavy atom. The third kappa shape index (κ3) is 10.7. The zero-order valence-electron chi connectivity index (χ0n) is 13.9. The van der Waals surface area contributed by atoms with Gasteiger partial charge in [-0.2, -0.15) is 13.2 Å². The van der Waals surface area contributed by atoms with E-state index in [1.165, 1.54) is 31.3 Å². The van der Waals surface area contributed by atoms with E-state index >= 15 is 0 Å². The number of halogens is 3. The SMILES string of the molecule is C=C(CCCCCC)CC(CC)CCCNC(=O)C(F)(F)F. The summed E-state index contributed by atoms with van der Waals surface area (Å²) in [5.74, 6) is -1.40. The van der Waals surface area contributed by atoms with E-state index in [9.17, 15) is 18.0 Å². The minimum atomic E-state index is -4.78. The van der Waals surface area contributed by atoms with Crippen molar-refractivity contribution in [1.82, 2.24) is 5.32 Å². The average molecular weight is 321 g/mol. The second-order valence-corrected chi connectivity index (χ2v) is 5.93. The van der Waals surface area contributed by atoms with Crippen LogP contribution in [0.4, 0.5) is 13.2 Å². The molecule has 0 bridgehead atoms. The summed E-state index contributed by atoms with van der Waals surface area (Å²) in [6.45, 7) is 8.46. The molecule has 5 heteroatoms. The molecule has 0 rings (SSSR count). The Kier molecular flexibility index (Phi) is 11.0. The number of alkyl halides is 3. The molecule has 0 aliphatic carbocycles. The maximum atomic E-state index is 12.0. The van der Waals surface area contributed by atoms with Crippen molar-refractivity contribution in [3.05, 3.63) is 12.2 Å². The van der Waals surface area contributed by atoms with Gasteiger partial charge < -0.3 is 5.32 Å². The lowest BCUT2D eigenvalue weighted by molar-refractivity contribution is -0.173. The van der Waals surface area contributed by atoms with Crippen LogP contribution in [0.15, 0.2) is 12.2 Å². The van der Waals surface area contributed by atoms with Crippen LogP contribution in [-0.2, 0) is 4.79 Å². The second-order valence-electron chi connectivity index (χ2n) is 5.93. The van der Waals surface area contributed by atoms with Crippen LogP contribution in [0.1, 0.15) is 71.6 Å². The fourth-order valence-electron chi connectivity index (χ4n) is 2.46. The van der Waals surface area contributed by atoms with Crippen LogP contribution in [0.3, 0.4) is 0 Å². The monoisotopic (exact) mass is 321 g/mol. The van der Waals surface area contributed by atoms with E-state index in [-0.39, 0.29) is 6.54 Å². The number of amides is 1. The molecule has 1 unspecified atom stereocenters. The highest BCUT2D eigenvalue weighted by atomic mass is 19.4. The molecule has 0 saturated heterocycles. The van der Waals surface area contributed by atoms with Crippen LogP contribution in [0, 0.1) is 5.92 Å². The van der Waals surface area contributed by atoms with Crippen LogP contribution < -0.4 is 5.32 Å². The summed E-state index contributed by atoms with van der Waals surface area (Å²) in [6.07, 6.45) is 4.46. The molecular formula is C17H30F3NO. The number of rotatable bonds is 12. The Hall–Kier alpha value is -1.00. The van der Waals surface area contributed by atoms with Gasteiger partial charge in [0, 0.05) is 6.54 Å². The Morgan fingerprint density at radius 2 is 1.82 bits per heavy atom. The summed E-state index contributed by atoms with van der Waals surface area (Å²) in [5, 5.41) is 1.92. The zero-order chi connectivity index (χ0) is 17.0. The third-order valence-corrected chi connectivity index (χ3v) is 3.87. The molecular weight excluding hydrogens is 291 g/mol. The van der Waals surface area contributed by atoms with Gasteiger partial charge in [-0.25, -0.2) is 0 Å². The summed E-state index contributed by atoms with van der Waals surface area (Å²) < 4.78 is 36.1. The van der Waals surface area contributed by atoms with Crippen molar-refractivity contribution in [2.45, 2.75) is 77.8 Å². The molecule has 0 heterocycles. The minimum absolute atomic E-state index is 0.0812. The van der Waals surface area contributed by atoms with Gasteiger partial charge in [-0.15, -0.1) is 0 Å². The maximum Gasteiger partial charge on any atom is 0.471 e. The number of allylic oxidation sites excluding steroid dienone is 1. The molecule has 0 spiro atoms. The summed E-state index contributed by atoms with van der Waals surface area (Å²) in [5.41, 5.74) is 1.24. The molecule has 1 atom stereocenters. The van der Waals surface area contributed by atoms with Gasteiger partial charge in [-0.1, -0.05) is 51.7 Å². The van der Waals surface area contributed by atoms with Crippen molar-refractivity contribution in [3.8, 4) is 0 Å². The molecule has 2 nitrogen and oxygen atoms in total. The van der Waals surface area contributed by atoms with Gasteiger partial charge in [0.15, 0.2) is 0 Å². The molecule has 0 radical (unpaired) electrons. The summed E-state index contributed by atoms with van der Waals surface area (Å²) in [7, 11) is 0. The first-order chi connectivity index (χ1) is 10.3. The molecule has 0 aliphatic heterocycles. The maximum absolute atomic E-state index is 12.0. The van der Waals surface area contributed by atoms with Crippen molar-refractivity contribution >= 4 is 5.91 Å². The largest absolute Gasteiger partial charge is 0.471 e. The van der Waals surface area contributed by atoms with Gasteiger partial charge in [-0.05, 0) is 38.0 Å². The number of carbonyl (C=O) groups is 1. The first-order valence-corrected chi connectivity index (χ1v) is 8.32. The smallest absolute Gasteiger partial charge is 0.348 e. The number of carbonyl (C=O) groups excluding carboxylic acids is 1. The first kappa shape index (κ1) is 21.0. The fraction of sp³-hybridized carbons (Fsp3) is 0.824. The molecule has 1 amide bonds. The molecule has 22 heavy (non-hydrogen) atoms. The topological polar surface area (TPSA) is 29.1 Å². The van der Waals surface area contributed by atoms with Gasteiger partial charge in [0.1, 0.15) is 0 Å². The van der Waals surface area contributed by atoms with E-state index in [2.05, 4.69) is 20.4 Å². The van der Waals surface area contributed by atoms with Crippen molar-refractivity contribution in [2.75, 3.05) is 6.54 Å². The fourth-order valence-corrected chi connectivity index (χ4v) is 2.46. The van der Waals surface area contributed by atoms with Crippen LogP contribution in [0.2, 0.25) is 0 Å². The molecule has 1 N–H and O–H groups in total. The summed E-state index contributed by atoms with van der Waals surface area (Å²) in [6, 6.07) is 0. The Balaban J connectivity index is 3.83. The molecule has 0 saturated carbocycles. The molecule has 130 valence electrons. The van der Waals surface area contributed by atoms with Gasteiger partial charge in [0.2, 0.25) is 0 Å². The summed E-state index contributed by atoms with van der Waals surface area (Å²) >= 11 is 0. The van der Waals surface area contributed by atoms with Gasteiger partial charge in [-0.3, -0.25) is 4.79 Å². The number of hydrogen-bond donors (Lipinski definition) is 1. The highest BCUT2D eigenvalue weighted by Crippen LogP contribution is 2.23. The van der Waals surface area contributed by atoms with Gasteiger partial charge in [0.25, 0.3) is 0 Å². The number of hydrogen-bond acceptors (Lipinski definition) is 1. The quantitative estimate of drug-likeness (QED) is 0.379. The normalized spacial score (nSPS) is 13.0. The van der Waals surface area contributed by atoms with Gasteiger partial charge in [0.05, 0.1) is 0 Å². The molecule has 0 aromatic carbocycles. The molecule has 0 aromatic rings. The van der Waals surface area contributed by atoms with Gasteiger partial charge >= 0.3 is 12.1 Å². The molecule has 0 fully saturated rings. The predicted octanol–water partition coefficient (Wildman–Crippen LogP) is 5.39. The van der Waals surface area contributed by atoms with E-state index in [1.54, 1.807) is 0 Å². The minimum Gasteiger partial charge on any atom is -0.348 e. The lowest BCUT2D eigenvalue weighted by atomic mass is 9.91. The van der Waals surface area contributed by atoms with Crippen LogP contribution in [-0.4, -0.2) is 18.6 Å². The van der Waals surface area contributed by atoms with Crippen molar-refractivity contribution < 1.29 is 18.0 Å². The number of unbranched alkanes of at least 4 members (excludes halogenated alkanes) is 3. The predicted molar refractivity (Wildman–Crippen MR) is 84.6 cm³/mol. The Bertz CT molecular complexity index is 326. The van der Waals surface area contributed by atoms with Crippen molar-refractivity contribution in [3.63, 3.8) is 0 Å². The molecule has 0 aromatic heterocycles. The van der Waals surface area contributed by atoms with E-state index in [4.69, 9.17) is 0 Å². The van der Waals surface area contributed by atoms with Crippen LogP contribution >= 0.6 is 0 Å². The second kappa shape index (κ2) is 11.6. The average Bonchev–Trinajstić information content (AvgIpc) is 2.45. The highest BCUT2D eigenvalue weighted by Gasteiger charge is 2.38.